The minimum absolute atomic E-state index is 0.00324. The molecule has 4 rings (SSSR count). The molecule has 3 nitrogen and oxygen atoms in total. The first-order chi connectivity index (χ1) is 8.48. The molecule has 0 radical (unpaired) electrons. The van der Waals surface area contributed by atoms with Crippen LogP contribution < -0.4 is 0 Å². The molecular weight excluding hydrogens is 228 g/mol. The number of hydrogen-bond acceptors (Lipinski definition) is 3. The van der Waals surface area contributed by atoms with Gasteiger partial charge in [-0.15, -0.1) is 0 Å². The lowest BCUT2D eigenvalue weighted by Crippen LogP contribution is -2.38. The van der Waals surface area contributed by atoms with E-state index in [0.717, 1.165) is 19.3 Å². The highest BCUT2D eigenvalue weighted by atomic mass is 16.6. The van der Waals surface area contributed by atoms with Crippen LogP contribution in [0.1, 0.15) is 39.5 Å². The summed E-state index contributed by atoms with van der Waals surface area (Å²) < 4.78 is 11.8. The van der Waals surface area contributed by atoms with Crippen LogP contribution in [0, 0.1) is 17.8 Å². The molecule has 98 valence electrons. The molecule has 0 N–H and O–H groups in total. The number of carbonyl (C=O) groups excluding carboxylic acids is 1. The standard InChI is InChI=1S/C15H20O3/c1-8-4-7-15-11(8)12-10(9(2)13(16)17-12)5-6-14(15,3)18-15/h8,10-12H,2,4-7H2,1,3H3/t8-,10-,11+,12-,14-,15+/m0/s1. The molecule has 3 heteroatoms. The van der Waals surface area contributed by atoms with E-state index in [1.807, 2.05) is 0 Å². The van der Waals surface area contributed by atoms with Gasteiger partial charge in [0.1, 0.15) is 11.7 Å². The third-order valence-electron chi connectivity index (χ3n) is 6.02. The summed E-state index contributed by atoms with van der Waals surface area (Å²) >= 11 is 0. The fourth-order valence-electron chi connectivity index (χ4n) is 4.94. The van der Waals surface area contributed by atoms with Crippen molar-refractivity contribution in [3.8, 4) is 0 Å². The molecule has 2 heterocycles. The lowest BCUT2D eigenvalue weighted by Gasteiger charge is -2.28. The number of rotatable bonds is 0. The summed E-state index contributed by atoms with van der Waals surface area (Å²) in [6.45, 7) is 8.46. The van der Waals surface area contributed by atoms with Crippen LogP contribution in [-0.2, 0) is 14.3 Å². The third-order valence-corrected chi connectivity index (χ3v) is 6.02. The molecule has 0 aromatic carbocycles. The van der Waals surface area contributed by atoms with Crippen molar-refractivity contribution in [3.05, 3.63) is 12.2 Å². The van der Waals surface area contributed by atoms with E-state index >= 15 is 0 Å². The molecule has 18 heavy (non-hydrogen) atoms. The summed E-state index contributed by atoms with van der Waals surface area (Å²) in [6, 6.07) is 0. The number of epoxide rings is 1. The molecule has 0 amide bonds. The second-order valence-corrected chi connectivity index (χ2v) is 6.80. The normalized spacial score (nSPS) is 57.4. The Hall–Kier alpha value is -0.830. The van der Waals surface area contributed by atoms with Crippen molar-refractivity contribution in [2.75, 3.05) is 0 Å². The molecule has 0 unspecified atom stereocenters. The minimum atomic E-state index is -0.177. The average molecular weight is 248 g/mol. The molecule has 1 spiro atoms. The zero-order valence-corrected chi connectivity index (χ0v) is 11.1. The largest absolute Gasteiger partial charge is 0.458 e. The average Bonchev–Trinajstić information content (AvgIpc) is 2.65. The van der Waals surface area contributed by atoms with Gasteiger partial charge in [0.05, 0.1) is 5.60 Å². The lowest BCUT2D eigenvalue weighted by molar-refractivity contribution is -0.142. The van der Waals surface area contributed by atoms with Gasteiger partial charge in [-0.05, 0) is 38.5 Å². The Morgan fingerprint density at radius 3 is 2.89 bits per heavy atom. The van der Waals surface area contributed by atoms with Gasteiger partial charge in [0.15, 0.2) is 0 Å². The van der Waals surface area contributed by atoms with E-state index in [0.29, 0.717) is 17.4 Å². The van der Waals surface area contributed by atoms with Crippen LogP contribution in [-0.4, -0.2) is 23.3 Å². The van der Waals surface area contributed by atoms with Crippen LogP contribution in [0.3, 0.4) is 0 Å². The van der Waals surface area contributed by atoms with Crippen LogP contribution in [0.25, 0.3) is 0 Å². The fourth-order valence-corrected chi connectivity index (χ4v) is 4.94. The second-order valence-electron chi connectivity index (χ2n) is 6.80. The molecule has 2 saturated heterocycles. The van der Waals surface area contributed by atoms with E-state index in [1.54, 1.807) is 0 Å². The Morgan fingerprint density at radius 2 is 2.11 bits per heavy atom. The van der Waals surface area contributed by atoms with Crippen molar-refractivity contribution in [2.24, 2.45) is 17.8 Å². The molecule has 0 aromatic heterocycles. The van der Waals surface area contributed by atoms with E-state index in [2.05, 4.69) is 20.4 Å². The molecule has 0 bridgehead atoms. The van der Waals surface area contributed by atoms with Crippen molar-refractivity contribution in [2.45, 2.75) is 56.8 Å². The Balaban J connectivity index is 1.78. The number of ether oxygens (including phenoxy) is 2. The first kappa shape index (κ1) is 11.0. The van der Waals surface area contributed by atoms with Crippen LogP contribution >= 0.6 is 0 Å². The number of fused-ring (bicyclic) bond motifs is 2. The Morgan fingerprint density at radius 1 is 1.33 bits per heavy atom. The topological polar surface area (TPSA) is 38.8 Å². The number of hydrogen-bond donors (Lipinski definition) is 0. The predicted molar refractivity (Wildman–Crippen MR) is 65.9 cm³/mol. The smallest absolute Gasteiger partial charge is 0.334 e. The van der Waals surface area contributed by atoms with Crippen molar-refractivity contribution < 1.29 is 14.3 Å². The summed E-state index contributed by atoms with van der Waals surface area (Å²) in [5.74, 6) is 1.01. The summed E-state index contributed by atoms with van der Waals surface area (Å²) in [5, 5.41) is 0. The van der Waals surface area contributed by atoms with E-state index in [1.165, 1.54) is 6.42 Å². The van der Waals surface area contributed by atoms with Gasteiger partial charge in [-0.2, -0.15) is 0 Å². The molecular formula is C15H20O3. The maximum atomic E-state index is 11.8. The maximum absolute atomic E-state index is 11.8. The van der Waals surface area contributed by atoms with Crippen LogP contribution in [0.15, 0.2) is 12.2 Å². The summed E-state index contributed by atoms with van der Waals surface area (Å²) in [4.78, 5) is 11.8. The molecule has 4 fully saturated rings. The van der Waals surface area contributed by atoms with Gasteiger partial charge in [-0.1, -0.05) is 13.5 Å². The second kappa shape index (κ2) is 3.01. The number of carbonyl (C=O) groups is 1. The quantitative estimate of drug-likeness (QED) is 0.375. The van der Waals surface area contributed by atoms with Gasteiger partial charge in [0.2, 0.25) is 0 Å². The van der Waals surface area contributed by atoms with Crippen molar-refractivity contribution in [1.29, 1.82) is 0 Å². The Labute approximate surface area is 108 Å². The molecule has 2 saturated carbocycles. The maximum Gasteiger partial charge on any atom is 0.334 e. The van der Waals surface area contributed by atoms with Crippen LogP contribution in [0.2, 0.25) is 0 Å². The first-order valence-electron chi connectivity index (χ1n) is 7.08. The Bertz CT molecular complexity index is 453. The molecule has 6 atom stereocenters. The summed E-state index contributed by atoms with van der Waals surface area (Å²) in [5.41, 5.74) is 0.718. The van der Waals surface area contributed by atoms with Crippen LogP contribution in [0.5, 0.6) is 0 Å². The van der Waals surface area contributed by atoms with Gasteiger partial charge in [0.25, 0.3) is 0 Å². The highest BCUT2D eigenvalue weighted by Gasteiger charge is 2.76. The highest BCUT2D eigenvalue weighted by Crippen LogP contribution is 2.68. The van der Waals surface area contributed by atoms with Crippen LogP contribution in [0.4, 0.5) is 0 Å². The summed E-state index contributed by atoms with van der Waals surface area (Å²) in [7, 11) is 0. The van der Waals surface area contributed by atoms with Gasteiger partial charge in [-0.25, -0.2) is 4.79 Å². The van der Waals surface area contributed by atoms with Gasteiger partial charge in [-0.3, -0.25) is 0 Å². The Kier molecular flexibility index (Phi) is 1.84. The zero-order valence-electron chi connectivity index (χ0n) is 11.1. The van der Waals surface area contributed by atoms with E-state index in [-0.39, 0.29) is 29.2 Å². The fraction of sp³-hybridized carbons (Fsp3) is 0.800. The minimum Gasteiger partial charge on any atom is -0.458 e. The predicted octanol–water partition coefficient (Wildman–Crippen LogP) is 2.45. The first-order valence-corrected chi connectivity index (χ1v) is 7.08. The lowest BCUT2D eigenvalue weighted by atomic mass is 9.78. The van der Waals surface area contributed by atoms with E-state index < -0.39 is 0 Å². The number of esters is 1. The van der Waals surface area contributed by atoms with Crippen molar-refractivity contribution in [3.63, 3.8) is 0 Å². The molecule has 2 aliphatic carbocycles. The summed E-state index contributed by atoms with van der Waals surface area (Å²) in [6.07, 6.45) is 4.35. The van der Waals surface area contributed by atoms with Gasteiger partial charge >= 0.3 is 5.97 Å². The highest BCUT2D eigenvalue weighted by molar-refractivity contribution is 5.90. The van der Waals surface area contributed by atoms with Crippen molar-refractivity contribution >= 4 is 5.97 Å². The van der Waals surface area contributed by atoms with Crippen molar-refractivity contribution in [1.82, 2.24) is 0 Å². The van der Waals surface area contributed by atoms with E-state index in [4.69, 9.17) is 9.47 Å². The molecule has 4 aliphatic rings. The van der Waals surface area contributed by atoms with Gasteiger partial charge in [0, 0.05) is 17.4 Å². The SMILES string of the molecule is C=C1C(=O)O[C@@H]2[C@H]3[C@@H](C)CC[C@@]34O[C@@]4(C)CC[C@@H]12. The molecule has 0 aromatic rings. The monoisotopic (exact) mass is 248 g/mol. The third kappa shape index (κ3) is 1.04. The zero-order chi connectivity index (χ0) is 12.7. The van der Waals surface area contributed by atoms with Gasteiger partial charge < -0.3 is 9.47 Å². The van der Waals surface area contributed by atoms with E-state index in [9.17, 15) is 4.79 Å². The molecule has 2 aliphatic heterocycles.